The van der Waals surface area contributed by atoms with Gasteiger partial charge in [0.25, 0.3) is 0 Å². The Kier molecular flexibility index (Phi) is 5.53. The minimum absolute atomic E-state index is 0.239. The fraction of sp³-hybridized carbons (Fsp3) is 0.346. The molecule has 2 atom stereocenters. The molecule has 5 nitrogen and oxygen atoms in total. The molecule has 1 aliphatic carbocycles. The Balaban J connectivity index is 1.62. The van der Waals surface area contributed by atoms with Crippen LogP contribution in [-0.2, 0) is 19.3 Å². The Morgan fingerprint density at radius 3 is 2.53 bits per heavy atom. The first-order valence-corrected chi connectivity index (χ1v) is 12.0. The average molecular weight is 444 g/mol. The molecule has 32 heavy (non-hydrogen) atoms. The van der Waals surface area contributed by atoms with Crippen LogP contribution in [0.5, 0.6) is 0 Å². The maximum atomic E-state index is 6.82. The molecule has 0 fully saturated rings. The van der Waals surface area contributed by atoms with Gasteiger partial charge in [-0.1, -0.05) is 44.2 Å². The van der Waals surface area contributed by atoms with Crippen LogP contribution in [0.2, 0.25) is 0 Å². The van der Waals surface area contributed by atoms with E-state index in [0.29, 0.717) is 17.7 Å². The van der Waals surface area contributed by atoms with Gasteiger partial charge in [-0.15, -0.1) is 11.3 Å². The molecule has 3 aromatic heterocycles. The minimum atomic E-state index is -0.380. The van der Waals surface area contributed by atoms with Crippen LogP contribution >= 0.6 is 11.3 Å². The van der Waals surface area contributed by atoms with Crippen molar-refractivity contribution in [1.29, 1.82) is 0 Å². The molecule has 4 aromatic rings. The number of aromatic nitrogens is 3. The van der Waals surface area contributed by atoms with Crippen molar-refractivity contribution >= 4 is 21.6 Å². The Morgan fingerprint density at radius 2 is 1.78 bits per heavy atom. The number of nitrogens with two attached hydrogens (primary N) is 2. The van der Waals surface area contributed by atoms with Crippen LogP contribution in [-0.4, -0.2) is 21.0 Å². The van der Waals surface area contributed by atoms with Crippen molar-refractivity contribution in [2.24, 2.45) is 16.9 Å². The monoisotopic (exact) mass is 443 g/mol. The Bertz CT molecular complexity index is 1230. The topological polar surface area (TPSA) is 90.7 Å². The average Bonchev–Trinajstić information content (AvgIpc) is 3.15. The van der Waals surface area contributed by atoms with Gasteiger partial charge in [-0.05, 0) is 54.4 Å². The molecule has 0 saturated heterocycles. The van der Waals surface area contributed by atoms with Gasteiger partial charge in [-0.25, -0.2) is 9.97 Å². The molecule has 0 spiro atoms. The van der Waals surface area contributed by atoms with E-state index in [4.69, 9.17) is 21.4 Å². The maximum Gasteiger partial charge on any atom is 0.161 e. The lowest BCUT2D eigenvalue weighted by atomic mass is 9.77. The van der Waals surface area contributed by atoms with E-state index in [-0.39, 0.29) is 12.1 Å². The molecule has 1 aromatic carbocycles. The quantitative estimate of drug-likeness (QED) is 0.461. The fourth-order valence-corrected chi connectivity index (χ4v) is 6.10. The van der Waals surface area contributed by atoms with E-state index in [1.54, 1.807) is 23.7 Å². The zero-order chi connectivity index (χ0) is 22.3. The first kappa shape index (κ1) is 21.2. The summed E-state index contributed by atoms with van der Waals surface area (Å²) in [5.41, 5.74) is 18.2. The van der Waals surface area contributed by atoms with Gasteiger partial charge in [0.05, 0.1) is 11.7 Å². The molecule has 0 saturated carbocycles. The normalized spacial score (nSPS) is 17.1. The highest BCUT2D eigenvalue weighted by Crippen LogP contribution is 2.44. The molecule has 2 unspecified atom stereocenters. The third-order valence-electron chi connectivity index (χ3n) is 6.48. The fourth-order valence-electron chi connectivity index (χ4n) is 4.61. The third kappa shape index (κ3) is 4.06. The molecular weight excluding hydrogens is 414 g/mol. The summed E-state index contributed by atoms with van der Waals surface area (Å²) < 4.78 is 0. The van der Waals surface area contributed by atoms with Crippen LogP contribution in [0.25, 0.3) is 21.6 Å². The van der Waals surface area contributed by atoms with Crippen LogP contribution in [0.15, 0.2) is 54.9 Å². The SMILES string of the molecule is CC1(C)CCc2c(sc3nc(-c4ccncc4)nc(C(N)C(N)Cc4ccccc4)c23)C1. The maximum absolute atomic E-state index is 6.82. The highest BCUT2D eigenvalue weighted by molar-refractivity contribution is 7.18. The summed E-state index contributed by atoms with van der Waals surface area (Å²) >= 11 is 1.80. The lowest BCUT2D eigenvalue weighted by Gasteiger charge is -2.29. The Morgan fingerprint density at radius 1 is 1.03 bits per heavy atom. The molecule has 6 heteroatoms. The van der Waals surface area contributed by atoms with Crippen molar-refractivity contribution in [3.8, 4) is 11.4 Å². The summed E-state index contributed by atoms with van der Waals surface area (Å²) in [6.45, 7) is 4.69. The Hall–Kier alpha value is -2.67. The smallest absolute Gasteiger partial charge is 0.161 e. The van der Waals surface area contributed by atoms with E-state index >= 15 is 0 Å². The van der Waals surface area contributed by atoms with Crippen LogP contribution in [0.3, 0.4) is 0 Å². The predicted octanol–water partition coefficient (Wildman–Crippen LogP) is 4.84. The van der Waals surface area contributed by atoms with Crippen molar-refractivity contribution in [2.45, 2.75) is 51.6 Å². The molecular formula is C26H29N5S. The first-order chi connectivity index (χ1) is 15.4. The van der Waals surface area contributed by atoms with Gasteiger partial charge in [-0.3, -0.25) is 4.98 Å². The lowest BCUT2D eigenvalue weighted by molar-refractivity contribution is 0.320. The van der Waals surface area contributed by atoms with Crippen molar-refractivity contribution in [3.63, 3.8) is 0 Å². The van der Waals surface area contributed by atoms with Gasteiger partial charge in [0.2, 0.25) is 0 Å². The van der Waals surface area contributed by atoms with Crippen LogP contribution in [0, 0.1) is 5.41 Å². The summed E-state index contributed by atoms with van der Waals surface area (Å²) in [7, 11) is 0. The van der Waals surface area contributed by atoms with E-state index in [1.807, 2.05) is 30.3 Å². The van der Waals surface area contributed by atoms with E-state index < -0.39 is 0 Å². The standard InChI is InChI=1S/C26H29N5S/c1-26(2)11-8-18-20(15-26)32-25-21(18)23(30-24(31-25)17-9-12-29-13-10-17)22(28)19(27)14-16-6-4-3-5-7-16/h3-7,9-10,12-13,19,22H,8,11,14-15,27-28H2,1-2H3. The number of rotatable bonds is 5. The van der Waals surface area contributed by atoms with Gasteiger partial charge in [-0.2, -0.15) is 0 Å². The van der Waals surface area contributed by atoms with Gasteiger partial charge in [0.1, 0.15) is 4.83 Å². The van der Waals surface area contributed by atoms with Gasteiger partial charge in [0, 0.05) is 34.3 Å². The number of nitrogens with zero attached hydrogens (tertiary/aromatic N) is 3. The van der Waals surface area contributed by atoms with E-state index in [1.165, 1.54) is 16.0 Å². The number of aryl methyl sites for hydroxylation is 1. The number of pyridine rings is 1. The Labute approximate surface area is 192 Å². The molecule has 5 rings (SSSR count). The first-order valence-electron chi connectivity index (χ1n) is 11.2. The molecule has 0 amide bonds. The van der Waals surface area contributed by atoms with Crippen LogP contribution < -0.4 is 11.5 Å². The van der Waals surface area contributed by atoms with E-state index in [9.17, 15) is 0 Å². The van der Waals surface area contributed by atoms with E-state index in [2.05, 4.69) is 31.0 Å². The molecule has 1 aliphatic rings. The number of benzene rings is 1. The number of hydrogen-bond acceptors (Lipinski definition) is 6. The molecule has 0 aliphatic heterocycles. The van der Waals surface area contributed by atoms with Crippen molar-refractivity contribution < 1.29 is 0 Å². The van der Waals surface area contributed by atoms with Crippen molar-refractivity contribution in [1.82, 2.24) is 15.0 Å². The zero-order valence-corrected chi connectivity index (χ0v) is 19.4. The molecule has 164 valence electrons. The number of thiophene rings is 1. The lowest BCUT2D eigenvalue weighted by Crippen LogP contribution is -2.37. The van der Waals surface area contributed by atoms with E-state index in [0.717, 1.165) is 40.7 Å². The molecule has 0 radical (unpaired) electrons. The van der Waals surface area contributed by atoms with Gasteiger partial charge in [0.15, 0.2) is 5.82 Å². The summed E-state index contributed by atoms with van der Waals surface area (Å²) in [6, 6.07) is 13.5. The van der Waals surface area contributed by atoms with Gasteiger partial charge < -0.3 is 11.5 Å². The van der Waals surface area contributed by atoms with Crippen molar-refractivity contribution in [2.75, 3.05) is 0 Å². The number of hydrogen-bond donors (Lipinski definition) is 2. The predicted molar refractivity (Wildman–Crippen MR) is 132 cm³/mol. The zero-order valence-electron chi connectivity index (χ0n) is 18.6. The summed E-state index contributed by atoms with van der Waals surface area (Å²) in [6.07, 6.45) is 7.50. The van der Waals surface area contributed by atoms with Crippen molar-refractivity contribution in [3.05, 3.63) is 76.6 Å². The minimum Gasteiger partial charge on any atom is -0.326 e. The highest BCUT2D eigenvalue weighted by Gasteiger charge is 2.32. The number of fused-ring (bicyclic) bond motifs is 3. The molecule has 4 N–H and O–H groups in total. The summed E-state index contributed by atoms with van der Waals surface area (Å²) in [5.74, 6) is 0.690. The second kappa shape index (κ2) is 8.35. The summed E-state index contributed by atoms with van der Waals surface area (Å²) in [4.78, 5) is 16.6. The highest BCUT2D eigenvalue weighted by atomic mass is 32.1. The third-order valence-corrected chi connectivity index (χ3v) is 7.61. The van der Waals surface area contributed by atoms with Crippen LogP contribution in [0.1, 0.15) is 48.0 Å². The second-order valence-electron chi connectivity index (χ2n) is 9.57. The second-order valence-corrected chi connectivity index (χ2v) is 10.7. The van der Waals surface area contributed by atoms with Gasteiger partial charge >= 0.3 is 0 Å². The molecule has 0 bridgehead atoms. The largest absolute Gasteiger partial charge is 0.326 e. The van der Waals surface area contributed by atoms with Crippen LogP contribution in [0.4, 0.5) is 0 Å². The molecule has 3 heterocycles. The summed E-state index contributed by atoms with van der Waals surface area (Å²) in [5, 5.41) is 1.13.